The number of hydrogen-bond acceptors (Lipinski definition) is 7. The van der Waals surface area contributed by atoms with Crippen LogP contribution >= 0.6 is 0 Å². The highest BCUT2D eigenvalue weighted by Gasteiger charge is 2.39. The number of hydrogen-bond donors (Lipinski definition) is 3. The maximum atomic E-state index is 13.5. The minimum absolute atomic E-state index is 0.100. The summed E-state index contributed by atoms with van der Waals surface area (Å²) in [5, 5.41) is 14.4. The lowest BCUT2D eigenvalue weighted by Crippen LogP contribution is -2.48. The van der Waals surface area contributed by atoms with E-state index in [1.807, 2.05) is 59.0 Å². The monoisotopic (exact) mass is 568 g/mol. The molecule has 0 saturated heterocycles. The normalized spacial score (nSPS) is 20.8. The van der Waals surface area contributed by atoms with Crippen molar-refractivity contribution in [3.05, 3.63) is 59.2 Å². The molecule has 40 heavy (non-hydrogen) atoms. The standard InChI is InChI=1S/C30H40N4O5S/c1-6-30(7-2,32-5)18-27(35)34(19-31)24-14-15-40(37,38)26-13-12-20(16-22(24)26)28(36)33-23-17-29(3,4)39-25-11-9-8-10-21(23)25/h8-13,16,19,23-24,31-32H,6-7,14-15,17-18H2,1-5H3,(H,33,36)/t23-,24+/m0/s1. The number of fused-ring (bicyclic) bond motifs is 2. The average molecular weight is 569 g/mol. The number of carbonyl (C=O) groups excluding carboxylic acids is 2. The molecular weight excluding hydrogens is 528 g/mol. The van der Waals surface area contributed by atoms with Crippen molar-refractivity contribution < 1.29 is 22.7 Å². The molecule has 2 aromatic carbocycles. The average Bonchev–Trinajstić information content (AvgIpc) is 2.92. The Kier molecular flexibility index (Phi) is 8.42. The second kappa shape index (κ2) is 11.3. The van der Waals surface area contributed by atoms with Gasteiger partial charge in [-0.2, -0.15) is 0 Å². The molecular formula is C30H40N4O5S. The van der Waals surface area contributed by atoms with E-state index in [0.717, 1.165) is 30.5 Å². The second-order valence-corrected chi connectivity index (χ2v) is 13.4. The smallest absolute Gasteiger partial charge is 0.251 e. The van der Waals surface area contributed by atoms with E-state index in [1.165, 1.54) is 17.0 Å². The highest BCUT2D eigenvalue weighted by atomic mass is 32.2. The Hall–Kier alpha value is -3.24. The molecule has 0 fully saturated rings. The molecule has 2 heterocycles. The van der Waals surface area contributed by atoms with Gasteiger partial charge in [-0.15, -0.1) is 0 Å². The minimum atomic E-state index is -3.59. The summed E-state index contributed by atoms with van der Waals surface area (Å²) >= 11 is 0. The molecule has 3 N–H and O–H groups in total. The zero-order chi connectivity index (χ0) is 29.3. The molecule has 2 atom stereocenters. The van der Waals surface area contributed by atoms with Crippen molar-refractivity contribution >= 4 is 28.0 Å². The van der Waals surface area contributed by atoms with Gasteiger partial charge in [-0.3, -0.25) is 19.9 Å². The van der Waals surface area contributed by atoms with Crippen LogP contribution in [-0.4, -0.2) is 55.4 Å². The third-order valence-corrected chi connectivity index (χ3v) is 10.3. The van der Waals surface area contributed by atoms with Crippen LogP contribution in [0.5, 0.6) is 5.75 Å². The van der Waals surface area contributed by atoms with Crippen molar-refractivity contribution in [1.29, 1.82) is 5.41 Å². The fourth-order valence-electron chi connectivity index (χ4n) is 5.89. The third kappa shape index (κ3) is 5.78. The first-order chi connectivity index (χ1) is 18.9. The first kappa shape index (κ1) is 29.7. The zero-order valence-corrected chi connectivity index (χ0v) is 24.7. The predicted octanol–water partition coefficient (Wildman–Crippen LogP) is 4.54. The highest BCUT2D eigenvalue weighted by molar-refractivity contribution is 7.91. The summed E-state index contributed by atoms with van der Waals surface area (Å²) in [4.78, 5) is 28.4. The SMILES string of the molecule is CCC(CC)(CC(=O)N(C=N)[C@@H]1CCS(=O)(=O)c2ccc(C(=O)N[C@H]3CC(C)(C)Oc4ccccc43)cc21)NC. The molecule has 0 saturated carbocycles. The Morgan fingerprint density at radius 1 is 1.15 bits per heavy atom. The number of ether oxygens (including phenoxy) is 1. The number of carbonyl (C=O) groups is 2. The van der Waals surface area contributed by atoms with Crippen LogP contribution in [0.25, 0.3) is 0 Å². The van der Waals surface area contributed by atoms with E-state index in [0.29, 0.717) is 17.5 Å². The number of nitrogens with one attached hydrogen (secondary N) is 3. The molecule has 9 nitrogen and oxygen atoms in total. The Morgan fingerprint density at radius 2 is 1.85 bits per heavy atom. The van der Waals surface area contributed by atoms with Crippen molar-refractivity contribution in [2.24, 2.45) is 0 Å². The quantitative estimate of drug-likeness (QED) is 0.301. The van der Waals surface area contributed by atoms with E-state index >= 15 is 0 Å². The molecule has 216 valence electrons. The summed E-state index contributed by atoms with van der Waals surface area (Å²) in [6.07, 6.45) is 3.31. The van der Waals surface area contributed by atoms with Crippen LogP contribution in [0.2, 0.25) is 0 Å². The Morgan fingerprint density at radius 3 is 2.50 bits per heavy atom. The molecule has 2 aliphatic rings. The van der Waals surface area contributed by atoms with E-state index in [1.54, 1.807) is 6.07 Å². The fraction of sp³-hybridized carbons (Fsp3) is 0.500. The van der Waals surface area contributed by atoms with E-state index in [-0.39, 0.29) is 41.3 Å². The van der Waals surface area contributed by atoms with Gasteiger partial charge < -0.3 is 15.4 Å². The van der Waals surface area contributed by atoms with Gasteiger partial charge in [0.1, 0.15) is 11.4 Å². The van der Waals surface area contributed by atoms with Crippen LogP contribution in [0.4, 0.5) is 0 Å². The van der Waals surface area contributed by atoms with Gasteiger partial charge in [0.25, 0.3) is 5.91 Å². The number of benzene rings is 2. The van der Waals surface area contributed by atoms with Gasteiger partial charge in [-0.05, 0) is 70.0 Å². The van der Waals surface area contributed by atoms with Crippen LogP contribution in [0, 0.1) is 5.41 Å². The van der Waals surface area contributed by atoms with E-state index in [4.69, 9.17) is 10.1 Å². The first-order valence-corrected chi connectivity index (χ1v) is 15.5. The van der Waals surface area contributed by atoms with Gasteiger partial charge in [0.15, 0.2) is 9.84 Å². The van der Waals surface area contributed by atoms with Gasteiger partial charge >= 0.3 is 0 Å². The molecule has 0 bridgehead atoms. The van der Waals surface area contributed by atoms with Crippen molar-refractivity contribution in [3.63, 3.8) is 0 Å². The maximum absolute atomic E-state index is 13.5. The minimum Gasteiger partial charge on any atom is -0.487 e. The maximum Gasteiger partial charge on any atom is 0.251 e. The molecule has 2 aliphatic heterocycles. The van der Waals surface area contributed by atoms with Crippen molar-refractivity contribution in [3.8, 4) is 5.75 Å². The van der Waals surface area contributed by atoms with Crippen LogP contribution < -0.4 is 15.4 Å². The Bertz CT molecular complexity index is 1390. The largest absolute Gasteiger partial charge is 0.487 e. The molecule has 2 aromatic rings. The van der Waals surface area contributed by atoms with Gasteiger partial charge in [-0.25, -0.2) is 8.42 Å². The molecule has 0 aliphatic carbocycles. The number of nitrogens with zero attached hydrogens (tertiary/aromatic N) is 1. The van der Waals surface area contributed by atoms with Crippen molar-refractivity contribution in [2.75, 3.05) is 12.8 Å². The van der Waals surface area contributed by atoms with Crippen LogP contribution in [0.1, 0.15) is 93.4 Å². The van der Waals surface area contributed by atoms with Gasteiger partial charge in [-0.1, -0.05) is 32.0 Å². The van der Waals surface area contributed by atoms with E-state index in [2.05, 4.69) is 10.6 Å². The Labute approximate surface area is 237 Å². The molecule has 0 aromatic heterocycles. The van der Waals surface area contributed by atoms with Gasteiger partial charge in [0, 0.05) is 29.5 Å². The summed E-state index contributed by atoms with van der Waals surface area (Å²) in [5.74, 6) is -0.0294. The van der Waals surface area contributed by atoms with Crippen LogP contribution in [0.15, 0.2) is 47.4 Å². The number of rotatable bonds is 9. The van der Waals surface area contributed by atoms with Crippen LogP contribution in [-0.2, 0) is 14.6 Å². The number of amides is 2. The third-order valence-electron chi connectivity index (χ3n) is 8.44. The second-order valence-electron chi connectivity index (χ2n) is 11.4. The van der Waals surface area contributed by atoms with Crippen molar-refractivity contribution in [2.45, 2.75) is 87.9 Å². The van der Waals surface area contributed by atoms with Gasteiger partial charge in [0.2, 0.25) is 5.91 Å². The predicted molar refractivity (Wildman–Crippen MR) is 154 cm³/mol. The molecule has 4 rings (SSSR count). The summed E-state index contributed by atoms with van der Waals surface area (Å²) in [6, 6.07) is 11.2. The summed E-state index contributed by atoms with van der Waals surface area (Å²) in [6.45, 7) is 7.96. The molecule has 2 amide bonds. The molecule has 0 unspecified atom stereocenters. The fourth-order valence-corrected chi connectivity index (χ4v) is 7.47. The molecule has 0 spiro atoms. The molecule has 0 radical (unpaired) electrons. The van der Waals surface area contributed by atoms with E-state index < -0.39 is 27.0 Å². The van der Waals surface area contributed by atoms with Crippen molar-refractivity contribution in [1.82, 2.24) is 15.5 Å². The number of sulfone groups is 1. The topological polar surface area (TPSA) is 129 Å². The van der Waals surface area contributed by atoms with Crippen LogP contribution in [0.3, 0.4) is 0 Å². The first-order valence-electron chi connectivity index (χ1n) is 13.9. The summed E-state index contributed by atoms with van der Waals surface area (Å²) in [7, 11) is -1.77. The summed E-state index contributed by atoms with van der Waals surface area (Å²) < 4.78 is 32.1. The Balaban J connectivity index is 1.66. The number of para-hydroxylation sites is 1. The lowest BCUT2D eigenvalue weighted by Gasteiger charge is -2.38. The zero-order valence-electron chi connectivity index (χ0n) is 23.9. The summed E-state index contributed by atoms with van der Waals surface area (Å²) in [5.41, 5.74) is 0.649. The molecule has 10 heteroatoms. The lowest BCUT2D eigenvalue weighted by molar-refractivity contribution is -0.130. The lowest BCUT2D eigenvalue weighted by atomic mass is 9.88. The van der Waals surface area contributed by atoms with Gasteiger partial charge in [0.05, 0.1) is 29.1 Å². The highest BCUT2D eigenvalue weighted by Crippen LogP contribution is 2.40. The van der Waals surface area contributed by atoms with E-state index in [9.17, 15) is 18.0 Å².